The fourth-order valence-electron chi connectivity index (χ4n) is 2.30. The molecule has 1 aliphatic rings. The zero-order valence-electron chi connectivity index (χ0n) is 9.37. The first-order chi connectivity index (χ1) is 7.31. The zero-order valence-corrected chi connectivity index (χ0v) is 9.37. The van der Waals surface area contributed by atoms with Gasteiger partial charge in [-0.3, -0.25) is 0 Å². The van der Waals surface area contributed by atoms with Gasteiger partial charge in [0.1, 0.15) is 0 Å². The summed E-state index contributed by atoms with van der Waals surface area (Å²) in [6.45, 7) is 4.68. The summed E-state index contributed by atoms with van der Waals surface area (Å²) in [6, 6.07) is 6.56. The van der Waals surface area contributed by atoms with E-state index in [1.165, 1.54) is 42.7 Å². The normalized spacial score (nSPS) is 16.0. The molecule has 0 radical (unpaired) electrons. The maximum Gasteiger partial charge on any atom is 0.0472 e. The van der Waals surface area contributed by atoms with Crippen molar-refractivity contribution in [2.45, 2.75) is 26.2 Å². The number of anilines is 1. The summed E-state index contributed by atoms with van der Waals surface area (Å²) in [6.07, 6.45) is 3.37. The predicted octanol–water partition coefficient (Wildman–Crippen LogP) is 2.13. The Balaban J connectivity index is 2.27. The summed E-state index contributed by atoms with van der Waals surface area (Å²) in [5.74, 6) is 0. The van der Waals surface area contributed by atoms with Crippen LogP contribution in [0, 0.1) is 6.92 Å². The molecule has 1 heterocycles. The lowest BCUT2D eigenvalue weighted by Crippen LogP contribution is -2.19. The summed E-state index contributed by atoms with van der Waals surface area (Å²) in [4.78, 5) is 2.43. The quantitative estimate of drug-likeness (QED) is 0.817. The lowest BCUT2D eigenvalue weighted by molar-refractivity contribution is 0.299. The summed E-state index contributed by atoms with van der Waals surface area (Å²) in [7, 11) is 0. The number of benzene rings is 1. The molecular formula is C13H19NO. The highest BCUT2D eigenvalue weighted by molar-refractivity contribution is 5.55. The van der Waals surface area contributed by atoms with Crippen molar-refractivity contribution in [3.63, 3.8) is 0 Å². The minimum atomic E-state index is 0.240. The molecule has 0 aliphatic carbocycles. The fraction of sp³-hybridized carbons (Fsp3) is 0.538. The molecule has 2 heteroatoms. The van der Waals surface area contributed by atoms with Gasteiger partial charge in [0.25, 0.3) is 0 Å². The van der Waals surface area contributed by atoms with Crippen LogP contribution in [-0.2, 0) is 6.42 Å². The molecule has 2 rings (SSSR count). The Kier molecular flexibility index (Phi) is 3.27. The van der Waals surface area contributed by atoms with E-state index in [1.54, 1.807) is 0 Å². The van der Waals surface area contributed by atoms with E-state index in [0.717, 1.165) is 6.42 Å². The minimum Gasteiger partial charge on any atom is -0.396 e. The number of aliphatic hydroxyl groups is 1. The van der Waals surface area contributed by atoms with Crippen LogP contribution >= 0.6 is 0 Å². The lowest BCUT2D eigenvalue weighted by Gasteiger charge is -2.21. The Morgan fingerprint density at radius 3 is 2.67 bits per heavy atom. The van der Waals surface area contributed by atoms with E-state index in [9.17, 15) is 0 Å². The van der Waals surface area contributed by atoms with Crippen molar-refractivity contribution in [3.8, 4) is 0 Å². The number of rotatable bonds is 3. The van der Waals surface area contributed by atoms with Crippen molar-refractivity contribution in [1.29, 1.82) is 0 Å². The third-order valence-electron chi connectivity index (χ3n) is 3.06. The van der Waals surface area contributed by atoms with Crippen LogP contribution in [0.15, 0.2) is 18.2 Å². The highest BCUT2D eigenvalue weighted by Crippen LogP contribution is 2.25. The molecule has 0 unspecified atom stereocenters. The van der Waals surface area contributed by atoms with Crippen LogP contribution in [0.4, 0.5) is 5.69 Å². The van der Waals surface area contributed by atoms with Gasteiger partial charge in [0, 0.05) is 25.4 Å². The standard InChI is InChI=1S/C13H19NO/c1-11-4-5-13(12(10-11)6-9-15)14-7-2-3-8-14/h4-5,10,15H,2-3,6-9H2,1H3. The van der Waals surface area contributed by atoms with Crippen molar-refractivity contribution < 1.29 is 5.11 Å². The van der Waals surface area contributed by atoms with Crippen molar-refractivity contribution in [2.75, 3.05) is 24.6 Å². The van der Waals surface area contributed by atoms with E-state index in [-0.39, 0.29) is 6.61 Å². The van der Waals surface area contributed by atoms with Crippen LogP contribution in [0.25, 0.3) is 0 Å². The monoisotopic (exact) mass is 205 g/mol. The summed E-state index contributed by atoms with van der Waals surface area (Å²) < 4.78 is 0. The van der Waals surface area contributed by atoms with Crippen molar-refractivity contribution in [1.82, 2.24) is 0 Å². The molecule has 1 aromatic rings. The average molecular weight is 205 g/mol. The van der Waals surface area contributed by atoms with Crippen LogP contribution in [0.5, 0.6) is 0 Å². The first-order valence-corrected chi connectivity index (χ1v) is 5.76. The molecule has 1 fully saturated rings. The fourth-order valence-corrected chi connectivity index (χ4v) is 2.30. The second kappa shape index (κ2) is 4.67. The molecule has 0 aromatic heterocycles. The minimum absolute atomic E-state index is 0.240. The molecule has 0 amide bonds. The Hall–Kier alpha value is -1.02. The van der Waals surface area contributed by atoms with Gasteiger partial charge < -0.3 is 10.0 Å². The van der Waals surface area contributed by atoms with E-state index in [2.05, 4.69) is 30.0 Å². The van der Waals surface area contributed by atoms with Crippen LogP contribution in [0.3, 0.4) is 0 Å². The molecule has 0 atom stereocenters. The molecule has 1 aliphatic heterocycles. The first kappa shape index (κ1) is 10.5. The molecule has 15 heavy (non-hydrogen) atoms. The molecule has 1 N–H and O–H groups in total. The van der Waals surface area contributed by atoms with E-state index in [0.29, 0.717) is 0 Å². The number of hydrogen-bond acceptors (Lipinski definition) is 2. The van der Waals surface area contributed by atoms with Gasteiger partial charge in [0.2, 0.25) is 0 Å². The highest BCUT2D eigenvalue weighted by atomic mass is 16.2. The van der Waals surface area contributed by atoms with E-state index in [4.69, 9.17) is 5.11 Å². The molecule has 0 saturated carbocycles. The third kappa shape index (κ3) is 2.32. The van der Waals surface area contributed by atoms with Gasteiger partial charge in [-0.05, 0) is 37.8 Å². The smallest absolute Gasteiger partial charge is 0.0472 e. The average Bonchev–Trinajstić information content (AvgIpc) is 2.71. The molecule has 1 saturated heterocycles. The first-order valence-electron chi connectivity index (χ1n) is 5.76. The van der Waals surface area contributed by atoms with Crippen LogP contribution in [0.2, 0.25) is 0 Å². The Labute approximate surface area is 91.5 Å². The number of aliphatic hydroxyl groups excluding tert-OH is 1. The van der Waals surface area contributed by atoms with Gasteiger partial charge in [0.15, 0.2) is 0 Å². The number of aryl methyl sites for hydroxylation is 1. The van der Waals surface area contributed by atoms with Gasteiger partial charge in [-0.25, -0.2) is 0 Å². The maximum atomic E-state index is 9.06. The SMILES string of the molecule is Cc1ccc(N2CCCC2)c(CCO)c1. The lowest BCUT2D eigenvalue weighted by atomic mass is 10.1. The van der Waals surface area contributed by atoms with E-state index < -0.39 is 0 Å². The van der Waals surface area contributed by atoms with Gasteiger partial charge in [0.05, 0.1) is 0 Å². The molecule has 0 bridgehead atoms. The van der Waals surface area contributed by atoms with E-state index in [1.807, 2.05) is 0 Å². The summed E-state index contributed by atoms with van der Waals surface area (Å²) in [5, 5.41) is 9.06. The molecule has 1 aromatic carbocycles. The molecule has 82 valence electrons. The van der Waals surface area contributed by atoms with Gasteiger partial charge in [-0.1, -0.05) is 17.7 Å². The second-order valence-corrected chi connectivity index (χ2v) is 4.30. The topological polar surface area (TPSA) is 23.5 Å². The second-order valence-electron chi connectivity index (χ2n) is 4.30. The molecule has 2 nitrogen and oxygen atoms in total. The van der Waals surface area contributed by atoms with Crippen LogP contribution < -0.4 is 4.90 Å². The summed E-state index contributed by atoms with van der Waals surface area (Å²) in [5.41, 5.74) is 3.90. The third-order valence-corrected chi connectivity index (χ3v) is 3.06. The number of hydrogen-bond donors (Lipinski definition) is 1. The largest absolute Gasteiger partial charge is 0.396 e. The Morgan fingerprint density at radius 2 is 2.00 bits per heavy atom. The van der Waals surface area contributed by atoms with Crippen molar-refractivity contribution in [2.24, 2.45) is 0 Å². The van der Waals surface area contributed by atoms with Gasteiger partial charge in [-0.15, -0.1) is 0 Å². The number of nitrogens with zero attached hydrogens (tertiary/aromatic N) is 1. The molecule has 0 spiro atoms. The van der Waals surface area contributed by atoms with Crippen molar-refractivity contribution in [3.05, 3.63) is 29.3 Å². The summed E-state index contributed by atoms with van der Waals surface area (Å²) >= 11 is 0. The predicted molar refractivity (Wildman–Crippen MR) is 63.4 cm³/mol. The van der Waals surface area contributed by atoms with E-state index >= 15 is 0 Å². The van der Waals surface area contributed by atoms with Crippen molar-refractivity contribution >= 4 is 5.69 Å². The maximum absolute atomic E-state index is 9.06. The zero-order chi connectivity index (χ0) is 10.7. The van der Waals surface area contributed by atoms with Crippen LogP contribution in [-0.4, -0.2) is 24.8 Å². The van der Waals surface area contributed by atoms with Gasteiger partial charge in [-0.2, -0.15) is 0 Å². The Bertz CT molecular complexity index is 329. The Morgan fingerprint density at radius 1 is 1.27 bits per heavy atom. The van der Waals surface area contributed by atoms with Crippen LogP contribution in [0.1, 0.15) is 24.0 Å². The highest BCUT2D eigenvalue weighted by Gasteiger charge is 2.15. The van der Waals surface area contributed by atoms with Gasteiger partial charge >= 0.3 is 0 Å². The molecular weight excluding hydrogens is 186 g/mol.